The van der Waals surface area contributed by atoms with Crippen LogP contribution in [0.3, 0.4) is 0 Å². The van der Waals surface area contributed by atoms with Crippen LogP contribution < -0.4 is 0 Å². The van der Waals surface area contributed by atoms with Crippen LogP contribution in [0.1, 0.15) is 58.3 Å². The molecule has 2 nitrogen and oxygen atoms in total. The van der Waals surface area contributed by atoms with E-state index in [1.807, 2.05) is 0 Å². The number of carboxylic acids is 1. The Labute approximate surface area is 101 Å². The van der Waals surface area contributed by atoms with Crippen molar-refractivity contribution < 1.29 is 9.90 Å². The van der Waals surface area contributed by atoms with E-state index in [1.54, 1.807) is 0 Å². The SMILES string of the molecule is CCCCCCCCCC(=O)O.[Tl]. The van der Waals surface area contributed by atoms with E-state index in [2.05, 4.69) is 6.92 Å². The molecule has 0 aliphatic heterocycles. The number of unbranched alkanes of at least 4 members (excludes halogenated alkanes) is 6. The second-order valence-electron chi connectivity index (χ2n) is 3.27. The molecule has 0 heterocycles. The summed E-state index contributed by atoms with van der Waals surface area (Å²) in [6.07, 6.45) is 8.64. The Balaban J connectivity index is 0. The summed E-state index contributed by atoms with van der Waals surface area (Å²) in [7, 11) is 0. The molecule has 0 fully saturated rings. The summed E-state index contributed by atoms with van der Waals surface area (Å²) in [6.45, 7) is 2.20. The monoisotopic (exact) mass is 377 g/mol. The molecular formula is C10H20O2Tl. The molecule has 0 bridgehead atoms. The Hall–Kier alpha value is 0.392. The predicted octanol–water partition coefficient (Wildman–Crippen LogP) is 2.83. The van der Waals surface area contributed by atoms with E-state index in [1.165, 1.54) is 32.1 Å². The van der Waals surface area contributed by atoms with Crippen LogP contribution in [-0.2, 0) is 4.79 Å². The smallest absolute Gasteiger partial charge is 0.303 e. The zero-order chi connectivity index (χ0) is 9.23. The van der Waals surface area contributed by atoms with Crippen LogP contribution in [0.15, 0.2) is 0 Å². The van der Waals surface area contributed by atoms with E-state index in [4.69, 9.17) is 5.11 Å². The molecule has 0 rings (SSSR count). The van der Waals surface area contributed by atoms with Gasteiger partial charge in [-0.1, -0.05) is 45.4 Å². The molecular weight excluding hydrogens is 356 g/mol. The summed E-state index contributed by atoms with van der Waals surface area (Å²) in [5, 5.41) is 8.35. The summed E-state index contributed by atoms with van der Waals surface area (Å²) in [6, 6.07) is 0. The largest absolute Gasteiger partial charge is 0.481 e. The van der Waals surface area contributed by atoms with Crippen LogP contribution in [0.4, 0.5) is 0 Å². The first-order valence-electron chi connectivity index (χ1n) is 4.99. The molecule has 0 aromatic heterocycles. The average Bonchev–Trinajstić information content (AvgIpc) is 2.02. The van der Waals surface area contributed by atoms with Crippen LogP contribution in [0.5, 0.6) is 0 Å². The minimum absolute atomic E-state index is 0. The summed E-state index contributed by atoms with van der Waals surface area (Å²) < 4.78 is 0. The molecule has 0 amide bonds. The zero-order valence-electron chi connectivity index (χ0n) is 8.59. The third-order valence-corrected chi connectivity index (χ3v) is 1.99. The number of carboxylic acid groups (broad SMARTS) is 1. The van der Waals surface area contributed by atoms with Gasteiger partial charge in [0.2, 0.25) is 0 Å². The van der Waals surface area contributed by atoms with Gasteiger partial charge in [0, 0.05) is 33.7 Å². The first-order valence-corrected chi connectivity index (χ1v) is 4.99. The summed E-state index contributed by atoms with van der Waals surface area (Å²) in [5.74, 6) is -0.663. The predicted molar refractivity (Wildman–Crippen MR) is 56.0 cm³/mol. The maximum absolute atomic E-state index is 10.1. The van der Waals surface area contributed by atoms with Crippen molar-refractivity contribution in [3.63, 3.8) is 0 Å². The van der Waals surface area contributed by atoms with Gasteiger partial charge >= 0.3 is 5.97 Å². The Morgan fingerprint density at radius 2 is 1.46 bits per heavy atom. The Morgan fingerprint density at radius 3 is 1.92 bits per heavy atom. The van der Waals surface area contributed by atoms with Crippen LogP contribution >= 0.6 is 0 Å². The normalized spacial score (nSPS) is 9.31. The minimum Gasteiger partial charge on any atom is -0.481 e. The topological polar surface area (TPSA) is 37.3 Å². The first kappa shape index (κ1) is 15.8. The molecule has 0 spiro atoms. The zero-order valence-corrected chi connectivity index (χ0v) is 13.1. The fourth-order valence-electron chi connectivity index (χ4n) is 1.23. The molecule has 3 heteroatoms. The van der Waals surface area contributed by atoms with Crippen LogP contribution in [0.2, 0.25) is 0 Å². The van der Waals surface area contributed by atoms with Gasteiger partial charge in [-0.2, -0.15) is 0 Å². The second kappa shape index (κ2) is 12.4. The molecule has 0 aromatic rings. The average molecular weight is 377 g/mol. The molecule has 0 saturated carbocycles. The van der Waals surface area contributed by atoms with Crippen molar-refractivity contribution in [2.45, 2.75) is 58.3 Å². The molecule has 0 unspecified atom stereocenters. The quantitative estimate of drug-likeness (QED) is 0.522. The van der Waals surface area contributed by atoms with E-state index in [9.17, 15) is 4.79 Å². The molecule has 0 atom stereocenters. The molecule has 1 radical (unpaired) electrons. The van der Waals surface area contributed by atoms with E-state index in [0.717, 1.165) is 12.8 Å². The van der Waals surface area contributed by atoms with Gasteiger partial charge in [-0.3, -0.25) is 4.79 Å². The van der Waals surface area contributed by atoms with E-state index < -0.39 is 5.97 Å². The fraction of sp³-hybridized carbons (Fsp3) is 0.900. The van der Waals surface area contributed by atoms with Gasteiger partial charge < -0.3 is 5.11 Å². The molecule has 0 aromatic carbocycles. The van der Waals surface area contributed by atoms with Crippen molar-refractivity contribution in [2.24, 2.45) is 0 Å². The van der Waals surface area contributed by atoms with Gasteiger partial charge in [0.05, 0.1) is 0 Å². The summed E-state index contributed by atoms with van der Waals surface area (Å²) in [4.78, 5) is 10.1. The van der Waals surface area contributed by atoms with E-state index >= 15 is 0 Å². The van der Waals surface area contributed by atoms with E-state index in [0.29, 0.717) is 6.42 Å². The Kier molecular flexibility index (Phi) is 15.1. The number of rotatable bonds is 8. The maximum Gasteiger partial charge on any atom is 0.303 e. The Morgan fingerprint density at radius 1 is 1.00 bits per heavy atom. The second-order valence-corrected chi connectivity index (χ2v) is 3.27. The number of aliphatic carboxylic acids is 1. The van der Waals surface area contributed by atoms with Gasteiger partial charge in [-0.25, -0.2) is 0 Å². The molecule has 0 aliphatic rings. The van der Waals surface area contributed by atoms with Crippen molar-refractivity contribution in [3.8, 4) is 0 Å². The molecule has 0 aliphatic carbocycles. The number of hydrogen-bond donors (Lipinski definition) is 1. The number of hydrogen-bond acceptors (Lipinski definition) is 1. The maximum atomic E-state index is 10.1. The third kappa shape index (κ3) is 15.2. The summed E-state index contributed by atoms with van der Waals surface area (Å²) >= 11 is 0. The molecule has 75 valence electrons. The number of carbonyl (C=O) groups is 1. The molecule has 1 N–H and O–H groups in total. The van der Waals surface area contributed by atoms with Gasteiger partial charge in [0.1, 0.15) is 0 Å². The molecule has 13 heavy (non-hydrogen) atoms. The van der Waals surface area contributed by atoms with Crippen LogP contribution in [0.25, 0.3) is 0 Å². The summed E-state index contributed by atoms with van der Waals surface area (Å²) in [5.41, 5.74) is 0. The Bertz CT molecular complexity index is 115. The van der Waals surface area contributed by atoms with Crippen molar-refractivity contribution >= 4 is 33.3 Å². The fourth-order valence-corrected chi connectivity index (χ4v) is 1.23. The van der Waals surface area contributed by atoms with Crippen LogP contribution in [-0.4, -0.2) is 38.4 Å². The minimum atomic E-state index is -0.663. The van der Waals surface area contributed by atoms with Crippen LogP contribution in [0, 0.1) is 0 Å². The van der Waals surface area contributed by atoms with Gasteiger partial charge in [0.15, 0.2) is 0 Å². The van der Waals surface area contributed by atoms with Crippen molar-refractivity contribution in [3.05, 3.63) is 0 Å². The third-order valence-electron chi connectivity index (χ3n) is 1.99. The first-order chi connectivity index (χ1) is 5.77. The van der Waals surface area contributed by atoms with Crippen molar-refractivity contribution in [2.75, 3.05) is 0 Å². The van der Waals surface area contributed by atoms with E-state index in [-0.39, 0.29) is 27.3 Å². The van der Waals surface area contributed by atoms with Gasteiger partial charge in [-0.15, -0.1) is 0 Å². The standard InChI is InChI=1S/C10H20O2.Tl/c1-2-3-4-5-6-7-8-9-10(11)12;/h2-9H2,1H3,(H,11,12);. The van der Waals surface area contributed by atoms with Crippen molar-refractivity contribution in [1.29, 1.82) is 0 Å². The molecule has 0 saturated heterocycles. The van der Waals surface area contributed by atoms with Crippen molar-refractivity contribution in [1.82, 2.24) is 0 Å². The van der Waals surface area contributed by atoms with Gasteiger partial charge in [0.25, 0.3) is 0 Å². The van der Waals surface area contributed by atoms with Gasteiger partial charge in [-0.05, 0) is 6.42 Å².